The second kappa shape index (κ2) is 13.1. The first-order valence-electron chi connectivity index (χ1n) is 9.15. The molecule has 0 rings (SSSR count). The van der Waals surface area contributed by atoms with E-state index in [9.17, 15) is 4.79 Å². The van der Waals surface area contributed by atoms with Gasteiger partial charge >= 0.3 is 0 Å². The Morgan fingerprint density at radius 1 is 0.857 bits per heavy atom. The van der Waals surface area contributed by atoms with Gasteiger partial charge in [0, 0.05) is 6.42 Å². The monoisotopic (exact) mass is 294 g/mol. The van der Waals surface area contributed by atoms with Crippen molar-refractivity contribution in [2.75, 3.05) is 0 Å². The Hall–Kier alpha value is -0.590. The van der Waals surface area contributed by atoms with E-state index in [1.807, 2.05) is 0 Å². The van der Waals surface area contributed by atoms with Crippen molar-refractivity contribution in [3.63, 3.8) is 0 Å². The second-order valence-electron chi connectivity index (χ2n) is 7.04. The van der Waals surface area contributed by atoms with Crippen LogP contribution in [0, 0.1) is 11.3 Å². The highest BCUT2D eigenvalue weighted by Crippen LogP contribution is 2.36. The molecule has 0 aliphatic rings. The highest BCUT2D eigenvalue weighted by atomic mass is 16.1. The zero-order valence-electron chi connectivity index (χ0n) is 15.0. The van der Waals surface area contributed by atoms with Crippen molar-refractivity contribution in [3.05, 3.63) is 12.2 Å². The summed E-state index contributed by atoms with van der Waals surface area (Å²) in [7, 11) is 0. The normalized spacial score (nSPS) is 14.7. The van der Waals surface area contributed by atoms with E-state index in [1.165, 1.54) is 57.8 Å². The zero-order chi connectivity index (χ0) is 16.0. The summed E-state index contributed by atoms with van der Waals surface area (Å²) in [5.74, 6) is 0.789. The minimum absolute atomic E-state index is 0.533. The maximum absolute atomic E-state index is 10.2. The number of unbranched alkanes of at least 4 members (excludes halogenated alkanes) is 7. The van der Waals surface area contributed by atoms with E-state index in [-0.39, 0.29) is 0 Å². The molecule has 0 heterocycles. The fourth-order valence-electron chi connectivity index (χ4n) is 2.74. The molecule has 1 heteroatoms. The van der Waals surface area contributed by atoms with Gasteiger partial charge in [0.05, 0.1) is 0 Å². The second-order valence-corrected chi connectivity index (χ2v) is 7.04. The summed E-state index contributed by atoms with van der Waals surface area (Å²) in [4.78, 5) is 10.2. The Kier molecular flexibility index (Phi) is 12.7. The molecule has 0 radical (unpaired) electrons. The van der Waals surface area contributed by atoms with E-state index in [1.54, 1.807) is 0 Å². The smallest absolute Gasteiger partial charge is 0.119 e. The third kappa shape index (κ3) is 10.7. The van der Waals surface area contributed by atoms with Crippen LogP contribution in [0.3, 0.4) is 0 Å². The van der Waals surface area contributed by atoms with Gasteiger partial charge in [0.2, 0.25) is 0 Å². The third-order valence-corrected chi connectivity index (χ3v) is 5.18. The van der Waals surface area contributed by atoms with E-state index < -0.39 is 0 Å². The van der Waals surface area contributed by atoms with Crippen LogP contribution in [-0.4, -0.2) is 6.29 Å². The van der Waals surface area contributed by atoms with Crippen LogP contribution in [0.15, 0.2) is 12.2 Å². The summed E-state index contributed by atoms with van der Waals surface area (Å²) in [5, 5.41) is 0. The topological polar surface area (TPSA) is 17.1 Å². The summed E-state index contributed by atoms with van der Waals surface area (Å²) in [6.45, 7) is 9.49. The van der Waals surface area contributed by atoms with E-state index in [0.29, 0.717) is 5.41 Å². The van der Waals surface area contributed by atoms with Gasteiger partial charge < -0.3 is 4.79 Å². The lowest BCUT2D eigenvalue weighted by Gasteiger charge is -2.32. The first-order chi connectivity index (χ1) is 10.1. The van der Waals surface area contributed by atoms with Crippen LogP contribution in [0.4, 0.5) is 0 Å². The minimum atomic E-state index is 0.533. The van der Waals surface area contributed by atoms with Crippen LogP contribution < -0.4 is 0 Å². The van der Waals surface area contributed by atoms with Gasteiger partial charge in [0.15, 0.2) is 0 Å². The van der Waals surface area contributed by atoms with Gasteiger partial charge in [-0.05, 0) is 49.9 Å². The largest absolute Gasteiger partial charge is 0.303 e. The molecule has 0 aromatic heterocycles. The summed E-state index contributed by atoms with van der Waals surface area (Å²) in [6, 6.07) is 0. The number of allylic oxidation sites excluding steroid dienone is 2. The van der Waals surface area contributed by atoms with E-state index in [0.717, 1.165) is 25.0 Å². The van der Waals surface area contributed by atoms with Gasteiger partial charge in [-0.3, -0.25) is 0 Å². The zero-order valence-corrected chi connectivity index (χ0v) is 15.0. The maximum atomic E-state index is 10.2. The highest BCUT2D eigenvalue weighted by Gasteiger charge is 2.24. The molecule has 124 valence electrons. The van der Waals surface area contributed by atoms with E-state index in [2.05, 4.69) is 39.8 Å². The first kappa shape index (κ1) is 20.4. The number of hydrogen-bond donors (Lipinski definition) is 0. The number of hydrogen-bond acceptors (Lipinski definition) is 1. The van der Waals surface area contributed by atoms with E-state index >= 15 is 0 Å². The van der Waals surface area contributed by atoms with Crippen molar-refractivity contribution in [1.82, 2.24) is 0 Å². The predicted octanol–water partition coefficient (Wildman–Crippen LogP) is 6.71. The molecule has 0 fully saturated rings. The first-order valence-corrected chi connectivity index (χ1v) is 9.15. The summed E-state index contributed by atoms with van der Waals surface area (Å²) in [6.07, 6.45) is 19.1. The Morgan fingerprint density at radius 2 is 1.38 bits per heavy atom. The minimum Gasteiger partial charge on any atom is -0.303 e. The molecule has 0 aromatic carbocycles. The fraction of sp³-hybridized carbons (Fsp3) is 0.850. The standard InChI is InChI=1S/C20H38O/c1-5-20(4,19(2)3)17-15-13-11-9-7-6-8-10-12-14-16-18-21/h7,9,18-19H,5-6,8,10-17H2,1-4H3/b9-7-. The molecule has 0 aliphatic heterocycles. The lowest BCUT2D eigenvalue weighted by molar-refractivity contribution is -0.107. The molecule has 1 nitrogen and oxygen atoms in total. The van der Waals surface area contributed by atoms with Gasteiger partial charge in [-0.1, -0.05) is 65.5 Å². The number of rotatable bonds is 14. The van der Waals surface area contributed by atoms with Crippen molar-refractivity contribution in [1.29, 1.82) is 0 Å². The molecule has 1 atom stereocenters. The molecule has 1 unspecified atom stereocenters. The van der Waals surface area contributed by atoms with Crippen molar-refractivity contribution < 1.29 is 4.79 Å². The lowest BCUT2D eigenvalue weighted by Crippen LogP contribution is -2.22. The number of carbonyl (C=O) groups excluding carboxylic acids is 1. The molecular formula is C20H38O. The van der Waals surface area contributed by atoms with Crippen molar-refractivity contribution in [3.8, 4) is 0 Å². The third-order valence-electron chi connectivity index (χ3n) is 5.18. The average molecular weight is 295 g/mol. The molecule has 0 aromatic rings. The molecular weight excluding hydrogens is 256 g/mol. The molecule has 0 bridgehead atoms. The average Bonchev–Trinajstić information content (AvgIpc) is 2.47. The fourth-order valence-corrected chi connectivity index (χ4v) is 2.74. The number of carbonyl (C=O) groups is 1. The summed E-state index contributed by atoms with van der Waals surface area (Å²) < 4.78 is 0. The van der Waals surface area contributed by atoms with Crippen LogP contribution in [0.2, 0.25) is 0 Å². The van der Waals surface area contributed by atoms with Crippen LogP contribution in [0.1, 0.15) is 98.3 Å². The van der Waals surface area contributed by atoms with Gasteiger partial charge in [0.1, 0.15) is 6.29 Å². The molecule has 0 saturated heterocycles. The Morgan fingerprint density at radius 3 is 1.86 bits per heavy atom. The van der Waals surface area contributed by atoms with Crippen LogP contribution >= 0.6 is 0 Å². The SMILES string of the molecule is CCC(C)(CCCC/C=C\CCCCCCC=O)C(C)C. The van der Waals surface area contributed by atoms with Crippen molar-refractivity contribution >= 4 is 6.29 Å². The molecule has 21 heavy (non-hydrogen) atoms. The lowest BCUT2D eigenvalue weighted by atomic mass is 9.73. The molecule has 0 N–H and O–H groups in total. The number of aldehydes is 1. The van der Waals surface area contributed by atoms with Gasteiger partial charge in [0.25, 0.3) is 0 Å². The summed E-state index contributed by atoms with van der Waals surface area (Å²) >= 11 is 0. The Bertz CT molecular complexity index is 267. The van der Waals surface area contributed by atoms with Crippen molar-refractivity contribution in [2.24, 2.45) is 11.3 Å². The Labute approximate surface area is 133 Å². The van der Waals surface area contributed by atoms with Gasteiger partial charge in [-0.15, -0.1) is 0 Å². The molecule has 0 saturated carbocycles. The van der Waals surface area contributed by atoms with Gasteiger partial charge in [-0.25, -0.2) is 0 Å². The predicted molar refractivity (Wildman–Crippen MR) is 94.6 cm³/mol. The quantitative estimate of drug-likeness (QED) is 0.197. The highest BCUT2D eigenvalue weighted by molar-refractivity contribution is 5.48. The van der Waals surface area contributed by atoms with Crippen LogP contribution in [0.25, 0.3) is 0 Å². The molecule has 0 aliphatic carbocycles. The summed E-state index contributed by atoms with van der Waals surface area (Å²) in [5.41, 5.74) is 0.533. The molecule has 0 amide bonds. The van der Waals surface area contributed by atoms with Crippen LogP contribution in [0.5, 0.6) is 0 Å². The maximum Gasteiger partial charge on any atom is 0.119 e. The van der Waals surface area contributed by atoms with E-state index in [4.69, 9.17) is 0 Å². The Balaban J connectivity index is 3.46. The van der Waals surface area contributed by atoms with Gasteiger partial charge in [-0.2, -0.15) is 0 Å². The van der Waals surface area contributed by atoms with Crippen molar-refractivity contribution in [2.45, 2.75) is 98.3 Å². The van der Waals surface area contributed by atoms with Crippen LogP contribution in [-0.2, 0) is 4.79 Å². The molecule has 0 spiro atoms.